The van der Waals surface area contributed by atoms with Crippen molar-refractivity contribution in [3.63, 3.8) is 0 Å². The minimum absolute atomic E-state index is 0.241. The molecule has 1 amide bonds. The van der Waals surface area contributed by atoms with E-state index in [1.807, 2.05) is 0 Å². The van der Waals surface area contributed by atoms with E-state index in [-0.39, 0.29) is 24.1 Å². The first kappa shape index (κ1) is 23.0. The van der Waals surface area contributed by atoms with Crippen molar-refractivity contribution >= 4 is 50.5 Å². The Kier molecular flexibility index (Phi) is 7.10. The summed E-state index contributed by atoms with van der Waals surface area (Å²) < 4.78 is 38.2. The number of benzene rings is 3. The van der Waals surface area contributed by atoms with Crippen molar-refractivity contribution in [1.82, 2.24) is 5.32 Å². The molecule has 168 valence electrons. The predicted molar refractivity (Wildman–Crippen MR) is 129 cm³/mol. The number of hydrogen-bond donors (Lipinski definition) is 1. The van der Waals surface area contributed by atoms with E-state index in [4.69, 9.17) is 9.47 Å². The fraction of sp³-hybridized carbons (Fsp3) is 0.0833. The number of aliphatic imine (C=N–C) groups is 1. The molecule has 1 fully saturated rings. The SMILES string of the molecule is COc1cc(/C=C2/SC(=Nc3ccc(F)cc3)NC2=O)c(Br)cc1OCc1ccc(F)cc1. The summed E-state index contributed by atoms with van der Waals surface area (Å²) in [7, 11) is 1.52. The number of nitrogens with one attached hydrogen (secondary N) is 1. The van der Waals surface area contributed by atoms with E-state index in [0.29, 0.717) is 37.3 Å². The summed E-state index contributed by atoms with van der Waals surface area (Å²) in [4.78, 5) is 17.2. The van der Waals surface area contributed by atoms with E-state index < -0.39 is 0 Å². The van der Waals surface area contributed by atoms with Crippen molar-refractivity contribution < 1.29 is 23.0 Å². The highest BCUT2D eigenvalue weighted by molar-refractivity contribution is 9.10. The minimum Gasteiger partial charge on any atom is -0.493 e. The molecule has 0 aromatic heterocycles. The molecule has 0 radical (unpaired) electrons. The van der Waals surface area contributed by atoms with Crippen LogP contribution in [0.25, 0.3) is 6.08 Å². The van der Waals surface area contributed by atoms with Gasteiger partial charge in [-0.15, -0.1) is 0 Å². The first-order chi connectivity index (χ1) is 15.9. The summed E-state index contributed by atoms with van der Waals surface area (Å²) in [5, 5.41) is 3.11. The Bertz CT molecular complexity index is 1250. The Morgan fingerprint density at radius 1 is 1.03 bits per heavy atom. The molecule has 3 aromatic carbocycles. The molecule has 1 heterocycles. The van der Waals surface area contributed by atoms with Crippen LogP contribution >= 0.6 is 27.7 Å². The molecule has 9 heteroatoms. The summed E-state index contributed by atoms with van der Waals surface area (Å²) in [6, 6.07) is 15.2. The molecule has 5 nitrogen and oxygen atoms in total. The molecule has 0 saturated carbocycles. The van der Waals surface area contributed by atoms with Crippen molar-refractivity contribution in [1.29, 1.82) is 0 Å². The molecule has 0 bridgehead atoms. The Morgan fingerprint density at radius 3 is 2.36 bits per heavy atom. The molecule has 1 N–H and O–H groups in total. The number of nitrogens with zero attached hydrogens (tertiary/aromatic N) is 1. The van der Waals surface area contributed by atoms with Gasteiger partial charge in [0.15, 0.2) is 16.7 Å². The Balaban J connectivity index is 1.53. The average Bonchev–Trinajstić information content (AvgIpc) is 3.14. The van der Waals surface area contributed by atoms with Crippen LogP contribution in [-0.2, 0) is 11.4 Å². The predicted octanol–water partition coefficient (Wildman–Crippen LogP) is 6.21. The lowest BCUT2D eigenvalue weighted by molar-refractivity contribution is -0.115. The van der Waals surface area contributed by atoms with Gasteiger partial charge in [-0.1, -0.05) is 28.1 Å². The third-order valence-electron chi connectivity index (χ3n) is 4.59. The maximum atomic E-state index is 13.1. The number of hydrogen-bond acceptors (Lipinski definition) is 5. The van der Waals surface area contributed by atoms with Crippen LogP contribution in [0.1, 0.15) is 11.1 Å². The zero-order chi connectivity index (χ0) is 23.4. The fourth-order valence-electron chi connectivity index (χ4n) is 2.93. The van der Waals surface area contributed by atoms with E-state index >= 15 is 0 Å². The molecular weight excluding hydrogens is 514 g/mol. The molecule has 0 unspecified atom stereocenters. The molecule has 33 heavy (non-hydrogen) atoms. The van der Waals surface area contributed by atoms with Gasteiger partial charge >= 0.3 is 0 Å². The van der Waals surface area contributed by atoms with Crippen LogP contribution in [0.2, 0.25) is 0 Å². The van der Waals surface area contributed by atoms with Crippen molar-refractivity contribution in [3.8, 4) is 11.5 Å². The number of methoxy groups -OCH3 is 1. The summed E-state index contributed by atoms with van der Waals surface area (Å²) in [6.07, 6.45) is 1.71. The molecule has 1 aliphatic rings. The maximum absolute atomic E-state index is 13.1. The molecular formula is C24H17BrF2N2O3S. The van der Waals surface area contributed by atoms with E-state index in [1.54, 1.807) is 30.3 Å². The van der Waals surface area contributed by atoms with Crippen molar-refractivity contribution in [2.75, 3.05) is 7.11 Å². The molecule has 1 aliphatic heterocycles. The smallest absolute Gasteiger partial charge is 0.264 e. The number of ether oxygens (including phenoxy) is 2. The van der Waals surface area contributed by atoms with Gasteiger partial charge in [0.2, 0.25) is 0 Å². The van der Waals surface area contributed by atoms with Crippen molar-refractivity contribution in [3.05, 3.63) is 92.8 Å². The third-order valence-corrected chi connectivity index (χ3v) is 6.18. The highest BCUT2D eigenvalue weighted by Gasteiger charge is 2.24. The number of amidine groups is 1. The van der Waals surface area contributed by atoms with E-state index in [9.17, 15) is 13.6 Å². The number of halogens is 3. The van der Waals surface area contributed by atoms with Crippen molar-refractivity contribution in [2.24, 2.45) is 4.99 Å². The van der Waals surface area contributed by atoms with Crippen LogP contribution < -0.4 is 14.8 Å². The highest BCUT2D eigenvalue weighted by Crippen LogP contribution is 2.37. The maximum Gasteiger partial charge on any atom is 0.264 e. The third kappa shape index (κ3) is 5.80. The normalized spacial score (nSPS) is 15.7. The summed E-state index contributed by atoms with van der Waals surface area (Å²) in [6.45, 7) is 0.241. The van der Waals surface area contributed by atoms with Crippen LogP contribution in [0.5, 0.6) is 11.5 Å². The standard InChI is InChI=1S/C24H17BrF2N2O3S/c1-31-20-10-15(19(25)12-21(20)32-13-14-2-4-16(26)5-3-14)11-22-23(30)29-24(33-22)28-18-8-6-17(27)7-9-18/h2-12H,13H2,1H3,(H,28,29,30)/b22-11+. The van der Waals surface area contributed by atoms with Gasteiger partial charge < -0.3 is 14.8 Å². The van der Waals surface area contributed by atoms with Crippen LogP contribution in [0.4, 0.5) is 14.5 Å². The summed E-state index contributed by atoms with van der Waals surface area (Å²) in [5.74, 6) is 0.0276. The van der Waals surface area contributed by atoms with Gasteiger partial charge in [-0.25, -0.2) is 13.8 Å². The van der Waals surface area contributed by atoms with Crippen LogP contribution in [0.3, 0.4) is 0 Å². The lowest BCUT2D eigenvalue weighted by Gasteiger charge is -2.13. The first-order valence-electron chi connectivity index (χ1n) is 9.71. The summed E-state index contributed by atoms with van der Waals surface area (Å²) >= 11 is 4.69. The van der Waals surface area contributed by atoms with Gasteiger partial charge in [0, 0.05) is 4.47 Å². The van der Waals surface area contributed by atoms with Gasteiger partial charge in [0.05, 0.1) is 17.7 Å². The van der Waals surface area contributed by atoms with E-state index in [1.165, 1.54) is 55.3 Å². The van der Waals surface area contributed by atoms with Gasteiger partial charge in [-0.2, -0.15) is 0 Å². The zero-order valence-corrected chi connectivity index (χ0v) is 19.7. The lowest BCUT2D eigenvalue weighted by Crippen LogP contribution is -2.19. The highest BCUT2D eigenvalue weighted by atomic mass is 79.9. The largest absolute Gasteiger partial charge is 0.493 e. The van der Waals surface area contributed by atoms with Crippen LogP contribution in [0.15, 0.2) is 75.0 Å². The van der Waals surface area contributed by atoms with Gasteiger partial charge in [-0.05, 0) is 77.5 Å². The molecule has 1 saturated heterocycles. The quantitative estimate of drug-likeness (QED) is 0.385. The number of carbonyl (C=O) groups is 1. The Labute approximate surface area is 201 Å². The number of thioether (sulfide) groups is 1. The second-order valence-electron chi connectivity index (χ2n) is 6.90. The van der Waals surface area contributed by atoms with E-state index in [2.05, 4.69) is 26.2 Å². The zero-order valence-electron chi connectivity index (χ0n) is 17.3. The second kappa shape index (κ2) is 10.2. The van der Waals surface area contributed by atoms with Crippen LogP contribution in [0, 0.1) is 11.6 Å². The lowest BCUT2D eigenvalue weighted by atomic mass is 10.1. The molecule has 0 atom stereocenters. The van der Waals surface area contributed by atoms with Crippen molar-refractivity contribution in [2.45, 2.75) is 6.61 Å². The topological polar surface area (TPSA) is 59.9 Å². The molecule has 3 aromatic rings. The molecule has 4 rings (SSSR count). The minimum atomic E-state index is -0.355. The molecule has 0 aliphatic carbocycles. The number of amides is 1. The van der Waals surface area contributed by atoms with Gasteiger partial charge in [-0.3, -0.25) is 4.79 Å². The number of rotatable bonds is 6. The monoisotopic (exact) mass is 530 g/mol. The fourth-order valence-corrected chi connectivity index (χ4v) is 4.20. The second-order valence-corrected chi connectivity index (χ2v) is 8.78. The first-order valence-corrected chi connectivity index (χ1v) is 11.3. The van der Waals surface area contributed by atoms with E-state index in [0.717, 1.165) is 5.56 Å². The van der Waals surface area contributed by atoms with Gasteiger partial charge in [0.25, 0.3) is 5.91 Å². The van der Waals surface area contributed by atoms with Gasteiger partial charge in [0.1, 0.15) is 18.2 Å². The molecule has 0 spiro atoms. The Hall–Kier alpha value is -3.17. The average molecular weight is 531 g/mol. The number of carbonyl (C=O) groups excluding carboxylic acids is 1. The summed E-state index contributed by atoms with van der Waals surface area (Å²) in [5.41, 5.74) is 2.06. The van der Waals surface area contributed by atoms with Crippen LogP contribution in [-0.4, -0.2) is 18.2 Å². The Morgan fingerprint density at radius 2 is 1.70 bits per heavy atom.